The van der Waals surface area contributed by atoms with E-state index in [-0.39, 0.29) is 17.7 Å². The van der Waals surface area contributed by atoms with Gasteiger partial charge >= 0.3 is 5.97 Å². The summed E-state index contributed by atoms with van der Waals surface area (Å²) >= 11 is 11.1. The topological polar surface area (TPSA) is 88.4 Å². The molecule has 0 amide bonds. The normalized spacial score (nSPS) is 14.6. The van der Waals surface area contributed by atoms with Gasteiger partial charge < -0.3 is 18.9 Å². The molecule has 0 fully saturated rings. The summed E-state index contributed by atoms with van der Waals surface area (Å²) in [5, 5.41) is 0.648. The fourth-order valence-electron chi connectivity index (χ4n) is 4.86. The summed E-state index contributed by atoms with van der Waals surface area (Å²) in [4.78, 5) is 32.4. The van der Waals surface area contributed by atoms with Gasteiger partial charge in [-0.15, -0.1) is 0 Å². The zero-order valence-corrected chi connectivity index (χ0v) is 27.7. The molecule has 2 heterocycles. The number of carbonyl (C=O) groups is 1. The second-order valence-corrected chi connectivity index (χ2v) is 12.0. The molecule has 44 heavy (non-hydrogen) atoms. The summed E-state index contributed by atoms with van der Waals surface area (Å²) in [6.45, 7) is 6.33. The molecule has 1 aliphatic rings. The molecule has 3 aromatic carbocycles. The molecule has 0 spiro atoms. The molecule has 8 nitrogen and oxygen atoms in total. The Morgan fingerprint density at radius 1 is 1.07 bits per heavy atom. The summed E-state index contributed by atoms with van der Waals surface area (Å²) in [5.74, 6) is 1.14. The second kappa shape index (κ2) is 13.8. The highest BCUT2D eigenvalue weighted by atomic mass is 79.9. The van der Waals surface area contributed by atoms with Gasteiger partial charge in [-0.2, -0.15) is 0 Å². The van der Waals surface area contributed by atoms with Crippen molar-refractivity contribution in [2.45, 2.75) is 33.4 Å². The van der Waals surface area contributed by atoms with Crippen molar-refractivity contribution in [1.82, 2.24) is 4.57 Å². The Morgan fingerprint density at radius 2 is 1.82 bits per heavy atom. The van der Waals surface area contributed by atoms with E-state index < -0.39 is 12.0 Å². The third-order valence-electron chi connectivity index (χ3n) is 6.92. The van der Waals surface area contributed by atoms with E-state index >= 15 is 0 Å². The van der Waals surface area contributed by atoms with Crippen LogP contribution in [0.2, 0.25) is 5.02 Å². The van der Waals surface area contributed by atoms with Crippen LogP contribution in [0.15, 0.2) is 86.2 Å². The molecule has 5 rings (SSSR count). The molecule has 1 aromatic heterocycles. The van der Waals surface area contributed by atoms with Crippen LogP contribution in [0.25, 0.3) is 6.08 Å². The van der Waals surface area contributed by atoms with E-state index in [2.05, 4.69) is 20.9 Å². The Hall–Kier alpha value is -3.86. The van der Waals surface area contributed by atoms with Crippen LogP contribution in [-0.4, -0.2) is 30.9 Å². The molecule has 0 bridgehead atoms. The summed E-state index contributed by atoms with van der Waals surface area (Å²) in [7, 11) is 1.54. The molecular formula is C33H30BrClN2O6S. The number of halogens is 2. The van der Waals surface area contributed by atoms with Gasteiger partial charge in [0.15, 0.2) is 16.3 Å². The fourth-order valence-corrected chi connectivity index (χ4v) is 6.64. The molecular weight excluding hydrogens is 668 g/mol. The lowest BCUT2D eigenvalue weighted by molar-refractivity contribution is -0.139. The van der Waals surface area contributed by atoms with E-state index in [1.165, 1.54) is 15.9 Å². The number of carbonyl (C=O) groups excluding carboxylic acids is 1. The van der Waals surface area contributed by atoms with E-state index in [9.17, 15) is 9.59 Å². The highest BCUT2D eigenvalue weighted by molar-refractivity contribution is 9.10. The Balaban J connectivity index is 1.56. The number of hydrogen-bond donors (Lipinski definition) is 0. The molecule has 1 atom stereocenters. The van der Waals surface area contributed by atoms with Crippen molar-refractivity contribution in [2.24, 2.45) is 4.99 Å². The second-order valence-electron chi connectivity index (χ2n) is 9.71. The minimum Gasteiger partial charge on any atom is -0.493 e. The van der Waals surface area contributed by atoms with E-state index in [0.717, 1.165) is 11.1 Å². The van der Waals surface area contributed by atoms with E-state index in [4.69, 9.17) is 30.5 Å². The molecule has 0 aliphatic carbocycles. The first kappa shape index (κ1) is 31.6. The van der Waals surface area contributed by atoms with Gasteiger partial charge in [0.05, 0.1) is 42.2 Å². The van der Waals surface area contributed by atoms with Gasteiger partial charge in [-0.3, -0.25) is 9.36 Å². The minimum absolute atomic E-state index is 0.179. The van der Waals surface area contributed by atoms with Crippen LogP contribution in [-0.2, 0) is 16.1 Å². The predicted octanol–water partition coefficient (Wildman–Crippen LogP) is 6.20. The maximum absolute atomic E-state index is 14.0. The highest BCUT2D eigenvalue weighted by Crippen LogP contribution is 2.41. The number of hydrogen-bond acceptors (Lipinski definition) is 8. The van der Waals surface area contributed by atoms with E-state index in [1.807, 2.05) is 55.5 Å². The number of allylic oxidation sites excluding steroid dienone is 1. The quantitative estimate of drug-likeness (QED) is 0.184. The maximum atomic E-state index is 14.0. The van der Waals surface area contributed by atoms with Crippen LogP contribution in [0.3, 0.4) is 0 Å². The van der Waals surface area contributed by atoms with Crippen molar-refractivity contribution in [1.29, 1.82) is 0 Å². The summed E-state index contributed by atoms with van der Waals surface area (Å²) in [6, 6.07) is 17.7. The summed E-state index contributed by atoms with van der Waals surface area (Å²) in [6.07, 6.45) is 1.80. The lowest BCUT2D eigenvalue weighted by Gasteiger charge is -2.26. The van der Waals surface area contributed by atoms with Crippen LogP contribution >= 0.6 is 38.9 Å². The average Bonchev–Trinajstić information content (AvgIpc) is 3.31. The Kier molecular flexibility index (Phi) is 9.93. The standard InChI is InChI=1S/C33H30BrClN2O6S/c1-5-41-27-17-24(34)23(16-26(27)40-4)30-29(32(39)42-6-2)19(3)36-33-37(30)31(38)28(44-33)15-20-11-13-22(14-12-20)43-18-21-9-7-8-10-25(21)35/h7-17,30H,5-6,18H2,1-4H3/b28-15+/t30-/m0/s1. The fraction of sp³-hybridized carbons (Fsp3) is 0.242. The number of methoxy groups -OCH3 is 1. The number of ether oxygens (including phenoxy) is 4. The highest BCUT2D eigenvalue weighted by Gasteiger charge is 2.35. The van der Waals surface area contributed by atoms with Crippen molar-refractivity contribution in [3.05, 3.63) is 118 Å². The number of thiazole rings is 1. The van der Waals surface area contributed by atoms with Crippen molar-refractivity contribution >= 4 is 50.9 Å². The third kappa shape index (κ3) is 6.47. The first-order valence-electron chi connectivity index (χ1n) is 13.9. The molecule has 0 unspecified atom stereocenters. The molecule has 0 N–H and O–H groups in total. The molecule has 228 valence electrons. The summed E-state index contributed by atoms with van der Waals surface area (Å²) in [5.41, 5.74) is 2.80. The number of rotatable bonds is 10. The Bertz CT molecular complexity index is 1920. The van der Waals surface area contributed by atoms with Crippen molar-refractivity contribution in [3.8, 4) is 17.2 Å². The lowest BCUT2D eigenvalue weighted by Crippen LogP contribution is -2.40. The van der Waals surface area contributed by atoms with Gasteiger partial charge in [-0.1, -0.05) is 69.2 Å². The van der Waals surface area contributed by atoms with E-state index in [1.54, 1.807) is 39.2 Å². The lowest BCUT2D eigenvalue weighted by atomic mass is 9.95. The number of nitrogens with zero attached hydrogens (tertiary/aromatic N) is 2. The van der Waals surface area contributed by atoms with Gasteiger partial charge in [0.1, 0.15) is 12.4 Å². The van der Waals surface area contributed by atoms with Crippen LogP contribution in [0, 0.1) is 0 Å². The Labute approximate surface area is 272 Å². The molecule has 11 heteroatoms. The maximum Gasteiger partial charge on any atom is 0.338 e. The molecule has 0 saturated heterocycles. The first-order valence-corrected chi connectivity index (χ1v) is 15.9. The number of fused-ring (bicyclic) bond motifs is 1. The van der Waals surface area contributed by atoms with E-state index in [0.29, 0.717) is 60.6 Å². The van der Waals surface area contributed by atoms with Crippen molar-refractivity contribution in [2.75, 3.05) is 20.3 Å². The van der Waals surface area contributed by atoms with Crippen LogP contribution in [0.1, 0.15) is 43.5 Å². The van der Waals surface area contributed by atoms with Crippen LogP contribution in [0.5, 0.6) is 17.2 Å². The smallest absolute Gasteiger partial charge is 0.338 e. The van der Waals surface area contributed by atoms with Gasteiger partial charge in [-0.25, -0.2) is 9.79 Å². The number of benzene rings is 3. The largest absolute Gasteiger partial charge is 0.493 e. The zero-order chi connectivity index (χ0) is 31.4. The predicted molar refractivity (Wildman–Crippen MR) is 174 cm³/mol. The summed E-state index contributed by atoms with van der Waals surface area (Å²) < 4.78 is 25.3. The average molecular weight is 698 g/mol. The SMILES string of the molecule is CCOC(=O)C1=C(C)N=c2s/c(=C/c3ccc(OCc4ccccc4Cl)cc3)c(=O)n2[C@H]1c1cc(OC)c(OCC)cc1Br. The monoisotopic (exact) mass is 696 g/mol. The van der Waals surface area contributed by atoms with Gasteiger partial charge in [0.25, 0.3) is 5.56 Å². The molecule has 0 radical (unpaired) electrons. The van der Waals surface area contributed by atoms with Crippen molar-refractivity contribution < 1.29 is 23.7 Å². The third-order valence-corrected chi connectivity index (χ3v) is 8.96. The number of esters is 1. The van der Waals surface area contributed by atoms with Gasteiger partial charge in [0, 0.05) is 15.1 Å². The molecule has 1 aliphatic heterocycles. The Morgan fingerprint density at radius 3 is 2.50 bits per heavy atom. The first-order chi connectivity index (χ1) is 21.2. The van der Waals surface area contributed by atoms with Gasteiger partial charge in [-0.05, 0) is 68.3 Å². The minimum atomic E-state index is -0.813. The van der Waals surface area contributed by atoms with Crippen LogP contribution in [0.4, 0.5) is 0 Å². The van der Waals surface area contributed by atoms with Gasteiger partial charge in [0.2, 0.25) is 0 Å². The number of aromatic nitrogens is 1. The van der Waals surface area contributed by atoms with Crippen molar-refractivity contribution in [3.63, 3.8) is 0 Å². The molecule has 0 saturated carbocycles. The zero-order valence-electron chi connectivity index (χ0n) is 24.6. The molecule has 4 aromatic rings. The van der Waals surface area contributed by atoms with Crippen LogP contribution < -0.4 is 29.1 Å².